The van der Waals surface area contributed by atoms with E-state index in [0.717, 1.165) is 44.8 Å². The maximum Gasteiger partial charge on any atom is 0.257 e. The second-order valence-corrected chi connectivity index (χ2v) is 5.81. The van der Waals surface area contributed by atoms with Gasteiger partial charge >= 0.3 is 0 Å². The van der Waals surface area contributed by atoms with Gasteiger partial charge in [0, 0.05) is 56.4 Å². The molecular formula is C16H24N6O. The lowest BCUT2D eigenvalue weighted by Gasteiger charge is -2.32. The van der Waals surface area contributed by atoms with Crippen LogP contribution in [0.2, 0.25) is 0 Å². The molecule has 1 saturated heterocycles. The minimum Gasteiger partial charge on any atom is -0.478 e. The van der Waals surface area contributed by atoms with Crippen molar-refractivity contribution in [1.29, 1.82) is 0 Å². The van der Waals surface area contributed by atoms with E-state index >= 15 is 0 Å². The van der Waals surface area contributed by atoms with E-state index in [2.05, 4.69) is 38.4 Å². The molecule has 7 nitrogen and oxygen atoms in total. The van der Waals surface area contributed by atoms with Gasteiger partial charge in [0.15, 0.2) is 5.82 Å². The summed E-state index contributed by atoms with van der Waals surface area (Å²) in [7, 11) is 1.62. The average molecular weight is 316 g/mol. The summed E-state index contributed by atoms with van der Waals surface area (Å²) in [5.74, 6) is 1.29. The van der Waals surface area contributed by atoms with E-state index in [9.17, 15) is 0 Å². The molecule has 23 heavy (non-hydrogen) atoms. The molecule has 1 N–H and O–H groups in total. The Balaban J connectivity index is 1.50. The summed E-state index contributed by atoms with van der Waals surface area (Å²) in [6.07, 6.45) is 9.60. The van der Waals surface area contributed by atoms with Gasteiger partial charge < -0.3 is 10.1 Å². The number of ether oxygens (including phenoxy) is 1. The van der Waals surface area contributed by atoms with Gasteiger partial charge in [0.1, 0.15) is 0 Å². The van der Waals surface area contributed by atoms with Crippen molar-refractivity contribution in [3.05, 3.63) is 30.4 Å². The standard InChI is InChI=1S/C16H24N6O/c1-3-22-12-13(10-19-22)11-21-8-4-14(5-9-21)20-15-16(23-2)18-7-6-17-15/h6-7,10,12,14H,3-5,8-9,11H2,1-2H3,(H,17,20). The number of aryl methyl sites for hydroxylation is 1. The molecule has 0 atom stereocenters. The summed E-state index contributed by atoms with van der Waals surface area (Å²) in [4.78, 5) is 11.0. The molecule has 7 heteroatoms. The van der Waals surface area contributed by atoms with Crippen LogP contribution in [-0.2, 0) is 13.1 Å². The molecule has 0 aromatic carbocycles. The third-order valence-corrected chi connectivity index (χ3v) is 4.20. The number of methoxy groups -OCH3 is 1. The fraction of sp³-hybridized carbons (Fsp3) is 0.562. The van der Waals surface area contributed by atoms with Crippen LogP contribution >= 0.6 is 0 Å². The Morgan fingerprint density at radius 2 is 2.04 bits per heavy atom. The fourth-order valence-electron chi connectivity index (χ4n) is 2.92. The Kier molecular flexibility index (Phi) is 5.07. The van der Waals surface area contributed by atoms with Gasteiger partial charge in [0.05, 0.1) is 13.3 Å². The summed E-state index contributed by atoms with van der Waals surface area (Å²) in [5.41, 5.74) is 1.29. The van der Waals surface area contributed by atoms with Crippen LogP contribution in [0, 0.1) is 0 Å². The smallest absolute Gasteiger partial charge is 0.257 e. The van der Waals surface area contributed by atoms with E-state index in [1.54, 1.807) is 19.5 Å². The Morgan fingerprint density at radius 3 is 2.74 bits per heavy atom. The van der Waals surface area contributed by atoms with E-state index in [1.165, 1.54) is 5.56 Å². The highest BCUT2D eigenvalue weighted by molar-refractivity contribution is 5.45. The van der Waals surface area contributed by atoms with Gasteiger partial charge in [-0.15, -0.1) is 0 Å². The molecule has 0 aliphatic carbocycles. The molecule has 3 heterocycles. The van der Waals surface area contributed by atoms with E-state index in [1.807, 2.05) is 10.9 Å². The van der Waals surface area contributed by atoms with Gasteiger partial charge in [-0.2, -0.15) is 5.10 Å². The molecule has 2 aromatic rings. The van der Waals surface area contributed by atoms with Crippen LogP contribution in [0.3, 0.4) is 0 Å². The van der Waals surface area contributed by atoms with Crippen molar-refractivity contribution in [2.45, 2.75) is 38.9 Å². The van der Waals surface area contributed by atoms with Gasteiger partial charge in [0.2, 0.25) is 0 Å². The molecular weight excluding hydrogens is 292 g/mol. The van der Waals surface area contributed by atoms with E-state index in [0.29, 0.717) is 11.9 Å². The molecule has 0 spiro atoms. The summed E-state index contributed by atoms with van der Waals surface area (Å²) >= 11 is 0. The highest BCUT2D eigenvalue weighted by Gasteiger charge is 2.21. The molecule has 124 valence electrons. The maximum absolute atomic E-state index is 5.24. The number of hydrogen-bond acceptors (Lipinski definition) is 6. The monoisotopic (exact) mass is 316 g/mol. The normalized spacial score (nSPS) is 16.4. The molecule has 1 fully saturated rings. The van der Waals surface area contributed by atoms with Crippen molar-refractivity contribution < 1.29 is 4.74 Å². The molecule has 1 aliphatic rings. The largest absolute Gasteiger partial charge is 0.478 e. The van der Waals surface area contributed by atoms with Gasteiger partial charge in [-0.05, 0) is 19.8 Å². The van der Waals surface area contributed by atoms with Gasteiger partial charge in [-0.1, -0.05) is 0 Å². The van der Waals surface area contributed by atoms with Crippen LogP contribution in [0.15, 0.2) is 24.8 Å². The van der Waals surface area contributed by atoms with Crippen LogP contribution in [0.5, 0.6) is 5.88 Å². The number of likely N-dealkylation sites (tertiary alicyclic amines) is 1. The highest BCUT2D eigenvalue weighted by atomic mass is 16.5. The number of anilines is 1. The first-order chi connectivity index (χ1) is 11.3. The first-order valence-corrected chi connectivity index (χ1v) is 8.13. The Labute approximate surface area is 136 Å². The minimum absolute atomic E-state index is 0.412. The number of hydrogen-bond donors (Lipinski definition) is 1. The van der Waals surface area contributed by atoms with Crippen LogP contribution in [-0.4, -0.2) is 50.9 Å². The molecule has 0 saturated carbocycles. The Morgan fingerprint density at radius 1 is 1.26 bits per heavy atom. The van der Waals surface area contributed by atoms with Crippen LogP contribution in [0.4, 0.5) is 5.82 Å². The minimum atomic E-state index is 0.412. The Bertz CT molecular complexity index is 621. The van der Waals surface area contributed by atoms with Crippen molar-refractivity contribution in [1.82, 2.24) is 24.6 Å². The second kappa shape index (κ2) is 7.41. The zero-order chi connectivity index (χ0) is 16.1. The van der Waals surface area contributed by atoms with Crippen LogP contribution in [0.1, 0.15) is 25.3 Å². The van der Waals surface area contributed by atoms with E-state index < -0.39 is 0 Å². The first-order valence-electron chi connectivity index (χ1n) is 8.13. The summed E-state index contributed by atoms with van der Waals surface area (Å²) < 4.78 is 7.22. The van der Waals surface area contributed by atoms with Crippen molar-refractivity contribution >= 4 is 5.82 Å². The predicted octanol–water partition coefficient (Wildman–Crippen LogP) is 1.78. The Hall–Kier alpha value is -2.15. The van der Waals surface area contributed by atoms with Crippen molar-refractivity contribution in [3.63, 3.8) is 0 Å². The average Bonchev–Trinajstić information content (AvgIpc) is 3.05. The summed E-state index contributed by atoms with van der Waals surface area (Å²) in [5, 5.41) is 7.79. The third-order valence-electron chi connectivity index (χ3n) is 4.20. The lowest BCUT2D eigenvalue weighted by Crippen LogP contribution is -2.38. The molecule has 0 unspecified atom stereocenters. The van der Waals surface area contributed by atoms with Gasteiger partial charge in [0.25, 0.3) is 5.88 Å². The first kappa shape index (κ1) is 15.7. The number of piperidine rings is 1. The quantitative estimate of drug-likeness (QED) is 0.876. The van der Waals surface area contributed by atoms with Crippen molar-refractivity contribution in [2.24, 2.45) is 0 Å². The third kappa shape index (κ3) is 3.98. The topological polar surface area (TPSA) is 68.1 Å². The molecule has 0 amide bonds. The lowest BCUT2D eigenvalue weighted by molar-refractivity contribution is 0.211. The molecule has 0 bridgehead atoms. The second-order valence-electron chi connectivity index (χ2n) is 5.81. The number of nitrogens with zero attached hydrogens (tertiary/aromatic N) is 5. The molecule has 1 aliphatic heterocycles. The van der Waals surface area contributed by atoms with Gasteiger partial charge in [-0.3, -0.25) is 9.58 Å². The summed E-state index contributed by atoms with van der Waals surface area (Å²) in [6.45, 7) is 6.14. The van der Waals surface area contributed by atoms with Crippen LogP contribution in [0.25, 0.3) is 0 Å². The van der Waals surface area contributed by atoms with Crippen molar-refractivity contribution in [3.8, 4) is 5.88 Å². The maximum atomic E-state index is 5.24. The number of rotatable bonds is 6. The zero-order valence-corrected chi connectivity index (χ0v) is 13.8. The molecule has 0 radical (unpaired) electrons. The lowest BCUT2D eigenvalue weighted by atomic mass is 10.0. The zero-order valence-electron chi connectivity index (χ0n) is 13.8. The fourth-order valence-corrected chi connectivity index (χ4v) is 2.92. The molecule has 2 aromatic heterocycles. The number of aromatic nitrogens is 4. The van der Waals surface area contributed by atoms with Crippen LogP contribution < -0.4 is 10.1 Å². The van der Waals surface area contributed by atoms with E-state index in [-0.39, 0.29) is 0 Å². The summed E-state index contributed by atoms with van der Waals surface area (Å²) in [6, 6.07) is 0.412. The predicted molar refractivity (Wildman–Crippen MR) is 88.4 cm³/mol. The van der Waals surface area contributed by atoms with Gasteiger partial charge in [-0.25, -0.2) is 9.97 Å². The highest BCUT2D eigenvalue weighted by Crippen LogP contribution is 2.22. The SMILES string of the molecule is CCn1cc(CN2CCC(Nc3nccnc3OC)CC2)cn1. The van der Waals surface area contributed by atoms with E-state index in [4.69, 9.17) is 4.74 Å². The van der Waals surface area contributed by atoms with Crippen molar-refractivity contribution in [2.75, 3.05) is 25.5 Å². The number of nitrogens with one attached hydrogen (secondary N) is 1. The molecule has 3 rings (SSSR count).